The third-order valence-electron chi connectivity index (χ3n) is 4.42. The molecule has 0 radical (unpaired) electrons. The summed E-state index contributed by atoms with van der Waals surface area (Å²) in [6, 6.07) is 0.700. The van der Waals surface area contributed by atoms with E-state index >= 15 is 0 Å². The van der Waals surface area contributed by atoms with Crippen molar-refractivity contribution in [2.45, 2.75) is 25.6 Å². The summed E-state index contributed by atoms with van der Waals surface area (Å²) >= 11 is 3.27. The van der Waals surface area contributed by atoms with Gasteiger partial charge in [-0.1, -0.05) is 6.08 Å². The molecule has 1 aliphatic heterocycles. The van der Waals surface area contributed by atoms with Crippen LogP contribution in [0.4, 0.5) is 19.1 Å². The summed E-state index contributed by atoms with van der Waals surface area (Å²) in [6.07, 6.45) is 0.798. The molecule has 0 saturated heterocycles. The maximum absolute atomic E-state index is 12.9. The molecule has 2 aromatic rings. The third-order valence-corrected chi connectivity index (χ3v) is 4.83. The van der Waals surface area contributed by atoms with Crippen molar-refractivity contribution in [3.05, 3.63) is 62.3 Å². The Kier molecular flexibility index (Phi) is 6.56. The number of nitrogens with one attached hydrogen (secondary N) is 2. The van der Waals surface area contributed by atoms with Crippen molar-refractivity contribution in [3.8, 4) is 0 Å². The van der Waals surface area contributed by atoms with E-state index in [1.54, 1.807) is 18.5 Å². The Bertz CT molecular complexity index is 1010. The summed E-state index contributed by atoms with van der Waals surface area (Å²) in [5.74, 6) is 0.0519. The van der Waals surface area contributed by atoms with E-state index < -0.39 is 29.3 Å². The van der Waals surface area contributed by atoms with Crippen molar-refractivity contribution >= 4 is 27.8 Å². The minimum absolute atomic E-state index is 0.0680. The van der Waals surface area contributed by atoms with Gasteiger partial charge in [0, 0.05) is 42.8 Å². The predicted molar refractivity (Wildman–Crippen MR) is 104 cm³/mol. The molecule has 0 spiro atoms. The molecule has 12 heteroatoms. The first-order chi connectivity index (χ1) is 14.1. The highest BCUT2D eigenvalue weighted by Gasteiger charge is 2.34. The Balaban J connectivity index is 1.58. The van der Waals surface area contributed by atoms with E-state index in [0.717, 1.165) is 10.7 Å². The zero-order valence-electron chi connectivity index (χ0n) is 15.7. The van der Waals surface area contributed by atoms with Gasteiger partial charge in [0.1, 0.15) is 11.7 Å². The van der Waals surface area contributed by atoms with Crippen molar-refractivity contribution in [1.82, 2.24) is 20.4 Å². The van der Waals surface area contributed by atoms with Crippen LogP contribution in [-0.4, -0.2) is 33.9 Å². The number of pyridine rings is 1. The number of aromatic nitrogens is 3. The molecule has 2 N–H and O–H groups in total. The van der Waals surface area contributed by atoms with Gasteiger partial charge in [0.05, 0.1) is 4.47 Å². The SMILES string of the molecule is C[C@@H](ONC(=O)C1=CCN(c2ncc(Br)cn2)CC1)c1c[nH]c(=O)c(C(F)(F)F)c1. The number of H-pyrrole nitrogens is 1. The standard InChI is InChI=1S/C18H17BrF3N5O3/c1-10(12-6-14(18(20,21)22)16(29)23-7-12)30-26-15(28)11-2-4-27(5-3-11)17-24-8-13(19)9-25-17/h2,6-10H,3-5H2,1H3,(H,23,29)(H,26,28)/t10-/m1/s1. The number of rotatable bonds is 5. The summed E-state index contributed by atoms with van der Waals surface area (Å²) in [5, 5.41) is 0. The van der Waals surface area contributed by atoms with Gasteiger partial charge in [-0.3, -0.25) is 14.4 Å². The van der Waals surface area contributed by atoms with Gasteiger partial charge in [-0.2, -0.15) is 13.2 Å². The molecule has 0 saturated carbocycles. The molecule has 0 fully saturated rings. The lowest BCUT2D eigenvalue weighted by Gasteiger charge is -2.26. The number of anilines is 1. The number of hydroxylamine groups is 1. The number of nitrogens with zero attached hydrogens (tertiary/aromatic N) is 3. The molecule has 2 aromatic heterocycles. The number of carbonyl (C=O) groups excluding carboxylic acids is 1. The lowest BCUT2D eigenvalue weighted by Crippen LogP contribution is -2.35. The normalized spacial score (nSPS) is 15.5. The largest absolute Gasteiger partial charge is 0.421 e. The second-order valence-electron chi connectivity index (χ2n) is 6.49. The van der Waals surface area contributed by atoms with Gasteiger partial charge in [0.2, 0.25) is 5.95 Å². The highest BCUT2D eigenvalue weighted by atomic mass is 79.9. The van der Waals surface area contributed by atoms with E-state index in [1.165, 1.54) is 6.92 Å². The van der Waals surface area contributed by atoms with Crippen LogP contribution in [-0.2, 0) is 15.8 Å². The Hall–Kier alpha value is -2.73. The number of carbonyl (C=O) groups is 1. The quantitative estimate of drug-likeness (QED) is 0.629. The van der Waals surface area contributed by atoms with Crippen LogP contribution in [0.2, 0.25) is 0 Å². The topological polar surface area (TPSA) is 100 Å². The second kappa shape index (κ2) is 8.96. The van der Waals surface area contributed by atoms with Crippen molar-refractivity contribution in [1.29, 1.82) is 0 Å². The van der Waals surface area contributed by atoms with Gasteiger partial charge in [-0.25, -0.2) is 15.4 Å². The molecular formula is C18H17BrF3N5O3. The van der Waals surface area contributed by atoms with Gasteiger partial charge in [-0.05, 0) is 35.3 Å². The molecule has 0 bridgehead atoms. The lowest BCUT2D eigenvalue weighted by atomic mass is 10.1. The molecule has 8 nitrogen and oxygen atoms in total. The van der Waals surface area contributed by atoms with Crippen LogP contribution in [0.3, 0.4) is 0 Å². The predicted octanol–water partition coefficient (Wildman–Crippen LogP) is 2.89. The summed E-state index contributed by atoms with van der Waals surface area (Å²) < 4.78 is 39.4. The number of aromatic amines is 1. The van der Waals surface area contributed by atoms with Crippen LogP contribution >= 0.6 is 15.9 Å². The number of halogens is 4. The highest BCUT2D eigenvalue weighted by Crippen LogP contribution is 2.28. The van der Waals surface area contributed by atoms with Crippen molar-refractivity contribution in [3.63, 3.8) is 0 Å². The Labute approximate surface area is 177 Å². The monoisotopic (exact) mass is 487 g/mol. The van der Waals surface area contributed by atoms with Gasteiger partial charge in [0.15, 0.2) is 0 Å². The van der Waals surface area contributed by atoms with Gasteiger partial charge in [-0.15, -0.1) is 0 Å². The molecule has 160 valence electrons. The Morgan fingerprint density at radius 2 is 2.07 bits per heavy atom. The van der Waals surface area contributed by atoms with Crippen molar-refractivity contribution < 1.29 is 22.8 Å². The van der Waals surface area contributed by atoms with Crippen LogP contribution in [0.25, 0.3) is 0 Å². The van der Waals surface area contributed by atoms with Gasteiger partial charge in [0.25, 0.3) is 11.5 Å². The lowest BCUT2D eigenvalue weighted by molar-refractivity contribution is -0.139. The number of hydrogen-bond donors (Lipinski definition) is 2. The Morgan fingerprint density at radius 1 is 1.37 bits per heavy atom. The fraction of sp³-hybridized carbons (Fsp3) is 0.333. The van der Waals surface area contributed by atoms with Crippen molar-refractivity contribution in [2.24, 2.45) is 0 Å². The van der Waals surface area contributed by atoms with Gasteiger partial charge >= 0.3 is 6.18 Å². The molecule has 3 rings (SSSR count). The van der Waals surface area contributed by atoms with E-state index in [0.29, 0.717) is 37.1 Å². The van der Waals surface area contributed by atoms with Crippen LogP contribution in [0.15, 0.2) is 45.6 Å². The number of hydrogen-bond acceptors (Lipinski definition) is 6. The zero-order valence-corrected chi connectivity index (χ0v) is 17.2. The van der Waals surface area contributed by atoms with E-state index in [9.17, 15) is 22.8 Å². The molecule has 0 aliphatic carbocycles. The van der Waals surface area contributed by atoms with E-state index in [2.05, 4.69) is 31.4 Å². The average Bonchev–Trinajstić information content (AvgIpc) is 2.72. The summed E-state index contributed by atoms with van der Waals surface area (Å²) in [5.41, 5.74) is 0.228. The first-order valence-corrected chi connectivity index (χ1v) is 9.62. The third kappa shape index (κ3) is 5.25. The molecule has 0 unspecified atom stereocenters. The van der Waals surface area contributed by atoms with Crippen LogP contribution < -0.4 is 15.9 Å². The molecule has 3 heterocycles. The van der Waals surface area contributed by atoms with Crippen molar-refractivity contribution in [2.75, 3.05) is 18.0 Å². The molecule has 1 amide bonds. The minimum Gasteiger partial charge on any atom is -0.337 e. The van der Waals surface area contributed by atoms with Crippen LogP contribution in [0, 0.1) is 0 Å². The molecular weight excluding hydrogens is 471 g/mol. The van der Waals surface area contributed by atoms with Crippen LogP contribution in [0.5, 0.6) is 0 Å². The molecule has 1 atom stereocenters. The second-order valence-corrected chi connectivity index (χ2v) is 7.41. The Morgan fingerprint density at radius 3 is 2.67 bits per heavy atom. The highest BCUT2D eigenvalue weighted by molar-refractivity contribution is 9.10. The summed E-state index contributed by atoms with van der Waals surface area (Å²) in [6.45, 7) is 2.40. The first kappa shape index (κ1) is 22.0. The van der Waals surface area contributed by atoms with E-state index in [1.807, 2.05) is 9.88 Å². The fourth-order valence-corrected chi connectivity index (χ4v) is 2.95. The maximum atomic E-state index is 12.9. The van der Waals surface area contributed by atoms with Gasteiger partial charge < -0.3 is 9.88 Å². The minimum atomic E-state index is -4.79. The van der Waals surface area contributed by atoms with Crippen LogP contribution in [0.1, 0.15) is 30.6 Å². The smallest absolute Gasteiger partial charge is 0.337 e. The number of amides is 1. The zero-order chi connectivity index (χ0) is 21.9. The number of alkyl halides is 3. The summed E-state index contributed by atoms with van der Waals surface area (Å²) in [4.78, 5) is 41.2. The molecule has 1 aliphatic rings. The van der Waals surface area contributed by atoms with E-state index in [-0.39, 0.29) is 5.56 Å². The first-order valence-electron chi connectivity index (χ1n) is 8.82. The fourth-order valence-electron chi connectivity index (χ4n) is 2.75. The van der Waals surface area contributed by atoms with E-state index in [4.69, 9.17) is 4.84 Å². The molecule has 30 heavy (non-hydrogen) atoms. The molecule has 0 aromatic carbocycles. The average molecular weight is 488 g/mol. The maximum Gasteiger partial charge on any atom is 0.421 e. The summed E-state index contributed by atoms with van der Waals surface area (Å²) in [7, 11) is 0.